The van der Waals surface area contributed by atoms with Crippen LogP contribution in [-0.2, 0) is 4.74 Å². The zero-order valence-electron chi connectivity index (χ0n) is 21.1. The molecule has 6 rings (SSSR count). The van der Waals surface area contributed by atoms with Crippen LogP contribution in [-0.4, -0.2) is 86.3 Å². The number of ether oxygens (including phenoxy) is 1. The normalized spacial score (nSPS) is 23.4. The molecular weight excluding hydrogens is 508 g/mol. The van der Waals surface area contributed by atoms with Gasteiger partial charge in [-0.3, -0.25) is 9.69 Å². The molecule has 9 nitrogen and oxygen atoms in total. The van der Waals surface area contributed by atoms with E-state index in [9.17, 15) is 9.90 Å². The predicted octanol–water partition coefficient (Wildman–Crippen LogP) is 3.85. The topological polar surface area (TPSA) is 104 Å². The van der Waals surface area contributed by atoms with Gasteiger partial charge in [-0.15, -0.1) is 22.7 Å². The number of anilines is 2. The van der Waals surface area contributed by atoms with E-state index in [1.807, 2.05) is 31.4 Å². The first-order valence-electron chi connectivity index (χ1n) is 12.8. The number of amides is 1. The van der Waals surface area contributed by atoms with E-state index < -0.39 is 5.60 Å². The Morgan fingerprint density at radius 1 is 1.19 bits per heavy atom. The number of aliphatic hydroxyl groups is 1. The molecule has 0 saturated carbocycles. The quantitative estimate of drug-likeness (QED) is 0.486. The zero-order valence-corrected chi connectivity index (χ0v) is 22.8. The Morgan fingerprint density at radius 3 is 2.59 bits per heavy atom. The molecule has 3 aliphatic rings. The number of rotatable bonds is 6. The van der Waals surface area contributed by atoms with Gasteiger partial charge in [0.25, 0.3) is 5.91 Å². The third-order valence-corrected chi connectivity index (χ3v) is 9.47. The summed E-state index contributed by atoms with van der Waals surface area (Å²) in [7, 11) is 0. The molecule has 0 aromatic carbocycles. The fourth-order valence-corrected chi connectivity index (χ4v) is 7.50. The third-order valence-electron chi connectivity index (χ3n) is 7.62. The SMILES string of the molecule is Cc1nc(C)c(-c2csc(Nc3ccc(C(=O)N4[C@@H]5CC[C@H]4CN(CC4(O)CCOCC4)C5)cn3)n2)s1. The van der Waals surface area contributed by atoms with Crippen molar-refractivity contribution in [1.82, 2.24) is 24.8 Å². The lowest BCUT2D eigenvalue weighted by atomic mass is 9.93. The summed E-state index contributed by atoms with van der Waals surface area (Å²) in [5.41, 5.74) is 1.85. The molecule has 3 fully saturated rings. The van der Waals surface area contributed by atoms with Crippen LogP contribution in [0.1, 0.15) is 46.7 Å². The maximum absolute atomic E-state index is 13.5. The first kappa shape index (κ1) is 24.9. The van der Waals surface area contributed by atoms with Gasteiger partial charge in [0.15, 0.2) is 5.13 Å². The first-order valence-corrected chi connectivity index (χ1v) is 14.5. The van der Waals surface area contributed by atoms with Gasteiger partial charge >= 0.3 is 0 Å². The fraction of sp³-hybridized carbons (Fsp3) is 0.538. The summed E-state index contributed by atoms with van der Waals surface area (Å²) in [6.07, 6.45) is 5.03. The average molecular weight is 541 g/mol. The van der Waals surface area contributed by atoms with Crippen molar-refractivity contribution in [2.24, 2.45) is 0 Å². The third kappa shape index (κ3) is 5.15. The Bertz CT molecular complexity index is 1260. The summed E-state index contributed by atoms with van der Waals surface area (Å²) in [5, 5.41) is 18.0. The Labute approximate surface area is 224 Å². The van der Waals surface area contributed by atoms with Crippen molar-refractivity contribution >= 4 is 39.5 Å². The predicted molar refractivity (Wildman–Crippen MR) is 145 cm³/mol. The van der Waals surface area contributed by atoms with E-state index in [0.717, 1.165) is 52.3 Å². The molecule has 1 amide bonds. The van der Waals surface area contributed by atoms with E-state index in [1.54, 1.807) is 17.5 Å². The molecule has 0 aliphatic carbocycles. The van der Waals surface area contributed by atoms with Crippen molar-refractivity contribution < 1.29 is 14.6 Å². The number of likely N-dealkylation sites (tertiary alicyclic amines) is 1. The molecule has 2 bridgehead atoms. The number of pyridine rings is 1. The summed E-state index contributed by atoms with van der Waals surface area (Å²) in [6, 6.07) is 4.05. The number of carbonyl (C=O) groups excluding carboxylic acids is 1. The molecule has 6 heterocycles. The number of fused-ring (bicyclic) bond motifs is 2. The van der Waals surface area contributed by atoms with E-state index in [-0.39, 0.29) is 18.0 Å². The highest BCUT2D eigenvalue weighted by Gasteiger charge is 2.44. The van der Waals surface area contributed by atoms with E-state index in [0.29, 0.717) is 44.0 Å². The van der Waals surface area contributed by atoms with Crippen molar-refractivity contribution in [1.29, 1.82) is 0 Å². The first-order chi connectivity index (χ1) is 17.9. The molecule has 0 unspecified atom stereocenters. The second kappa shape index (κ2) is 10.0. The molecule has 3 saturated heterocycles. The lowest BCUT2D eigenvalue weighted by molar-refractivity contribution is -0.0868. The minimum Gasteiger partial charge on any atom is -0.388 e. The number of piperazine rings is 1. The van der Waals surface area contributed by atoms with Crippen molar-refractivity contribution in [2.45, 2.75) is 57.2 Å². The van der Waals surface area contributed by atoms with Gasteiger partial charge in [-0.05, 0) is 38.8 Å². The van der Waals surface area contributed by atoms with Gasteiger partial charge in [0.05, 0.1) is 32.4 Å². The lowest BCUT2D eigenvalue weighted by Gasteiger charge is -2.44. The molecule has 196 valence electrons. The lowest BCUT2D eigenvalue weighted by Crippen LogP contribution is -2.59. The average Bonchev–Trinajstić information content (AvgIpc) is 3.54. The smallest absolute Gasteiger partial charge is 0.256 e. The Kier molecular flexibility index (Phi) is 6.74. The second-order valence-electron chi connectivity index (χ2n) is 10.4. The van der Waals surface area contributed by atoms with Crippen LogP contribution in [0.2, 0.25) is 0 Å². The summed E-state index contributed by atoms with van der Waals surface area (Å²) in [5.74, 6) is 0.704. The Hall–Kier alpha value is -2.44. The van der Waals surface area contributed by atoms with Crippen LogP contribution in [0.3, 0.4) is 0 Å². The maximum Gasteiger partial charge on any atom is 0.256 e. The number of hydrogen-bond acceptors (Lipinski definition) is 10. The van der Waals surface area contributed by atoms with Gasteiger partial charge in [-0.25, -0.2) is 15.0 Å². The van der Waals surface area contributed by atoms with Crippen molar-refractivity contribution in [3.8, 4) is 10.6 Å². The van der Waals surface area contributed by atoms with Crippen molar-refractivity contribution in [3.63, 3.8) is 0 Å². The van der Waals surface area contributed by atoms with Crippen LogP contribution >= 0.6 is 22.7 Å². The number of aromatic nitrogens is 3. The number of carbonyl (C=O) groups is 1. The maximum atomic E-state index is 13.5. The molecular formula is C26H32N6O3S2. The van der Waals surface area contributed by atoms with Gasteiger partial charge in [0, 0.05) is 69.4 Å². The molecule has 3 aromatic heterocycles. The molecule has 0 radical (unpaired) electrons. The van der Waals surface area contributed by atoms with Crippen LogP contribution in [0, 0.1) is 13.8 Å². The number of nitrogens with zero attached hydrogens (tertiary/aromatic N) is 5. The van der Waals surface area contributed by atoms with Gasteiger partial charge in [0.2, 0.25) is 0 Å². The second-order valence-corrected chi connectivity index (χ2v) is 12.4. The summed E-state index contributed by atoms with van der Waals surface area (Å²) < 4.78 is 5.43. The fourth-order valence-electron chi connectivity index (χ4n) is 5.83. The largest absolute Gasteiger partial charge is 0.388 e. The monoisotopic (exact) mass is 540 g/mol. The molecule has 0 spiro atoms. The van der Waals surface area contributed by atoms with E-state index in [4.69, 9.17) is 9.72 Å². The van der Waals surface area contributed by atoms with Crippen LogP contribution in [0.5, 0.6) is 0 Å². The highest BCUT2D eigenvalue weighted by molar-refractivity contribution is 7.16. The summed E-state index contributed by atoms with van der Waals surface area (Å²) in [6.45, 7) is 7.52. The van der Waals surface area contributed by atoms with E-state index in [1.165, 1.54) is 11.3 Å². The Morgan fingerprint density at radius 2 is 1.95 bits per heavy atom. The molecule has 3 aromatic rings. The minimum absolute atomic E-state index is 0.0450. The molecule has 2 N–H and O–H groups in total. The minimum atomic E-state index is -0.673. The van der Waals surface area contributed by atoms with Crippen LogP contribution in [0.25, 0.3) is 10.6 Å². The van der Waals surface area contributed by atoms with Gasteiger partial charge in [-0.1, -0.05) is 0 Å². The summed E-state index contributed by atoms with van der Waals surface area (Å²) >= 11 is 3.17. The highest BCUT2D eigenvalue weighted by atomic mass is 32.1. The number of thiazole rings is 2. The van der Waals surface area contributed by atoms with E-state index in [2.05, 4.69) is 25.1 Å². The summed E-state index contributed by atoms with van der Waals surface area (Å²) in [4.78, 5) is 32.6. The Balaban J connectivity index is 1.08. The zero-order chi connectivity index (χ0) is 25.6. The number of hydrogen-bond donors (Lipinski definition) is 2. The molecule has 3 aliphatic heterocycles. The molecule has 2 atom stereocenters. The van der Waals surface area contributed by atoms with Crippen LogP contribution < -0.4 is 5.32 Å². The molecule has 37 heavy (non-hydrogen) atoms. The molecule has 11 heteroatoms. The van der Waals surface area contributed by atoms with Crippen LogP contribution in [0.4, 0.5) is 10.9 Å². The van der Waals surface area contributed by atoms with Crippen LogP contribution in [0.15, 0.2) is 23.7 Å². The van der Waals surface area contributed by atoms with Gasteiger partial charge in [-0.2, -0.15) is 0 Å². The van der Waals surface area contributed by atoms with Crippen molar-refractivity contribution in [3.05, 3.63) is 40.0 Å². The van der Waals surface area contributed by atoms with Gasteiger partial charge < -0.3 is 20.1 Å². The highest BCUT2D eigenvalue weighted by Crippen LogP contribution is 2.35. The van der Waals surface area contributed by atoms with E-state index >= 15 is 0 Å². The standard InChI is InChI=1S/C26H32N6O3S2/c1-16-23(37-17(2)28-16)21-14-36-25(29-21)30-22-6-3-18(11-27-22)24(33)32-19-4-5-20(32)13-31(12-19)15-26(34)7-9-35-10-8-26/h3,6,11,14,19-20,34H,4-5,7-10,12-13,15H2,1-2H3,(H,27,29,30)/t19-,20+. The van der Waals surface area contributed by atoms with Crippen molar-refractivity contribution in [2.75, 3.05) is 38.2 Å². The number of aryl methyl sites for hydroxylation is 2. The number of β-amino-alcohol motifs (C(OH)–C–C–N with tert-alkyl or cyclic N) is 1. The van der Waals surface area contributed by atoms with Gasteiger partial charge in [0.1, 0.15) is 5.82 Å². The number of nitrogens with one attached hydrogen (secondary N) is 1.